The number of aryl methyl sites for hydroxylation is 1. The SMILES string of the molecule is Cc1cccc(CO[C@@H]2CCC[C@H](OCc3coc(-c4ccc(F)cc4)n3)C2)c1C(=O)OC(C)(C)C. The Morgan fingerprint density at radius 2 is 1.75 bits per heavy atom. The van der Waals surface area contributed by atoms with Gasteiger partial charge >= 0.3 is 5.97 Å². The Hall–Kier alpha value is -3.03. The van der Waals surface area contributed by atoms with Crippen LogP contribution in [-0.4, -0.2) is 28.8 Å². The van der Waals surface area contributed by atoms with Crippen molar-refractivity contribution in [2.24, 2.45) is 0 Å². The highest BCUT2D eigenvalue weighted by atomic mass is 19.1. The zero-order valence-electron chi connectivity index (χ0n) is 21.4. The van der Waals surface area contributed by atoms with Gasteiger partial charge in [-0.2, -0.15) is 0 Å². The van der Waals surface area contributed by atoms with Gasteiger partial charge in [0.2, 0.25) is 5.89 Å². The van der Waals surface area contributed by atoms with Crippen LogP contribution in [0.25, 0.3) is 11.5 Å². The van der Waals surface area contributed by atoms with Gasteiger partial charge in [0, 0.05) is 5.56 Å². The van der Waals surface area contributed by atoms with Crippen LogP contribution in [-0.2, 0) is 27.4 Å². The number of carbonyl (C=O) groups excluding carboxylic acids is 1. The summed E-state index contributed by atoms with van der Waals surface area (Å²) in [5, 5.41) is 0. The van der Waals surface area contributed by atoms with Crippen LogP contribution in [0.5, 0.6) is 0 Å². The molecule has 0 N–H and O–H groups in total. The lowest BCUT2D eigenvalue weighted by Gasteiger charge is -2.29. The fourth-order valence-electron chi connectivity index (χ4n) is 4.38. The van der Waals surface area contributed by atoms with Gasteiger partial charge in [-0.15, -0.1) is 0 Å². The molecule has 0 amide bonds. The van der Waals surface area contributed by atoms with Crippen LogP contribution in [0.4, 0.5) is 4.39 Å². The van der Waals surface area contributed by atoms with Gasteiger partial charge in [-0.1, -0.05) is 18.2 Å². The molecule has 0 bridgehead atoms. The summed E-state index contributed by atoms with van der Waals surface area (Å²) in [7, 11) is 0. The summed E-state index contributed by atoms with van der Waals surface area (Å²) < 4.78 is 36.7. The minimum atomic E-state index is -0.560. The van der Waals surface area contributed by atoms with Crippen molar-refractivity contribution in [3.8, 4) is 11.5 Å². The van der Waals surface area contributed by atoms with Crippen molar-refractivity contribution in [3.63, 3.8) is 0 Å². The minimum absolute atomic E-state index is 0.0443. The molecule has 36 heavy (non-hydrogen) atoms. The fourth-order valence-corrected chi connectivity index (χ4v) is 4.38. The molecule has 6 nitrogen and oxygen atoms in total. The normalized spacial score (nSPS) is 18.2. The number of hydrogen-bond acceptors (Lipinski definition) is 6. The predicted octanol–water partition coefficient (Wildman–Crippen LogP) is 6.79. The van der Waals surface area contributed by atoms with Crippen molar-refractivity contribution in [1.82, 2.24) is 4.98 Å². The molecule has 1 aliphatic carbocycles. The first-order chi connectivity index (χ1) is 17.2. The first-order valence-corrected chi connectivity index (χ1v) is 12.4. The maximum atomic E-state index is 13.1. The Morgan fingerprint density at radius 1 is 1.06 bits per heavy atom. The van der Waals surface area contributed by atoms with Crippen molar-refractivity contribution in [2.75, 3.05) is 0 Å². The van der Waals surface area contributed by atoms with Crippen LogP contribution >= 0.6 is 0 Å². The fraction of sp³-hybridized carbons (Fsp3) is 0.448. The molecule has 0 spiro atoms. The van der Waals surface area contributed by atoms with Crippen LogP contribution in [0.1, 0.15) is 73.6 Å². The number of halogens is 1. The number of hydrogen-bond donors (Lipinski definition) is 0. The van der Waals surface area contributed by atoms with E-state index in [9.17, 15) is 9.18 Å². The standard InChI is InChI=1S/C29H34FNO5/c1-19-7-5-8-21(26(19)28(32)36-29(2,3)4)16-33-24-9-6-10-25(15-24)34-17-23-18-35-27(31-23)20-11-13-22(30)14-12-20/h5,7-8,11-14,18,24-25H,6,9-10,15-17H2,1-4H3/t24-,25+/m1/s1. The van der Waals surface area contributed by atoms with E-state index in [0.717, 1.165) is 42.4 Å². The second-order valence-electron chi connectivity index (χ2n) is 10.3. The molecule has 192 valence electrons. The van der Waals surface area contributed by atoms with Gasteiger partial charge in [0.1, 0.15) is 23.4 Å². The number of nitrogens with zero attached hydrogens (tertiary/aromatic N) is 1. The summed E-state index contributed by atoms with van der Waals surface area (Å²) in [5.74, 6) is -0.180. The summed E-state index contributed by atoms with van der Waals surface area (Å²) in [5.41, 5.74) is 3.15. The Kier molecular flexibility index (Phi) is 8.21. The minimum Gasteiger partial charge on any atom is -0.456 e. The maximum Gasteiger partial charge on any atom is 0.339 e. The summed E-state index contributed by atoms with van der Waals surface area (Å²) in [6.07, 6.45) is 5.35. The first-order valence-electron chi connectivity index (χ1n) is 12.4. The van der Waals surface area contributed by atoms with Gasteiger partial charge in [-0.25, -0.2) is 14.2 Å². The van der Waals surface area contributed by atoms with E-state index >= 15 is 0 Å². The third-order valence-corrected chi connectivity index (χ3v) is 6.12. The summed E-state index contributed by atoms with van der Waals surface area (Å²) in [6.45, 7) is 8.19. The molecule has 0 radical (unpaired) electrons. The molecule has 0 saturated heterocycles. The van der Waals surface area contributed by atoms with E-state index in [1.807, 2.05) is 45.9 Å². The molecule has 1 aliphatic rings. The molecule has 1 saturated carbocycles. The van der Waals surface area contributed by atoms with E-state index in [1.54, 1.807) is 18.4 Å². The number of carbonyl (C=O) groups is 1. The topological polar surface area (TPSA) is 70.8 Å². The van der Waals surface area contributed by atoms with Gasteiger partial charge in [-0.3, -0.25) is 0 Å². The monoisotopic (exact) mass is 495 g/mol. The second kappa shape index (κ2) is 11.4. The number of oxazole rings is 1. The molecular formula is C29H34FNO5. The van der Waals surface area contributed by atoms with Gasteiger partial charge in [0.25, 0.3) is 0 Å². The van der Waals surface area contributed by atoms with E-state index < -0.39 is 5.60 Å². The predicted molar refractivity (Wildman–Crippen MR) is 134 cm³/mol. The highest BCUT2D eigenvalue weighted by Gasteiger charge is 2.26. The number of esters is 1. The van der Waals surface area contributed by atoms with Gasteiger partial charge < -0.3 is 18.6 Å². The highest BCUT2D eigenvalue weighted by molar-refractivity contribution is 5.93. The summed E-state index contributed by atoms with van der Waals surface area (Å²) in [6, 6.07) is 11.8. The van der Waals surface area contributed by atoms with Gasteiger partial charge in [0.05, 0.1) is 31.0 Å². The Bertz CT molecular complexity index is 1170. The van der Waals surface area contributed by atoms with Crippen molar-refractivity contribution >= 4 is 5.97 Å². The molecule has 7 heteroatoms. The van der Waals surface area contributed by atoms with Crippen molar-refractivity contribution in [2.45, 2.75) is 84.4 Å². The van der Waals surface area contributed by atoms with Crippen LogP contribution in [0.3, 0.4) is 0 Å². The lowest BCUT2D eigenvalue weighted by atomic mass is 9.94. The Balaban J connectivity index is 1.31. The molecular weight excluding hydrogens is 461 g/mol. The van der Waals surface area contributed by atoms with Gasteiger partial charge in [0.15, 0.2) is 0 Å². The number of rotatable bonds is 8. The molecule has 1 fully saturated rings. The third kappa shape index (κ3) is 7.02. The van der Waals surface area contributed by atoms with Crippen LogP contribution in [0.2, 0.25) is 0 Å². The zero-order valence-corrected chi connectivity index (χ0v) is 21.4. The average Bonchev–Trinajstić information content (AvgIpc) is 3.30. The molecule has 1 heterocycles. The van der Waals surface area contributed by atoms with Crippen LogP contribution < -0.4 is 0 Å². The van der Waals surface area contributed by atoms with E-state index in [2.05, 4.69) is 4.98 Å². The molecule has 0 aliphatic heterocycles. The van der Waals surface area contributed by atoms with E-state index in [1.165, 1.54) is 12.1 Å². The summed E-state index contributed by atoms with van der Waals surface area (Å²) in [4.78, 5) is 17.3. The van der Waals surface area contributed by atoms with Crippen molar-refractivity contribution in [1.29, 1.82) is 0 Å². The van der Waals surface area contributed by atoms with Gasteiger partial charge in [-0.05, 0) is 88.8 Å². The smallest absolute Gasteiger partial charge is 0.339 e. The third-order valence-electron chi connectivity index (χ3n) is 6.12. The second-order valence-corrected chi connectivity index (χ2v) is 10.3. The molecule has 3 aromatic rings. The Morgan fingerprint density at radius 3 is 2.44 bits per heavy atom. The summed E-state index contributed by atoms with van der Waals surface area (Å²) >= 11 is 0. The van der Waals surface area contributed by atoms with Crippen LogP contribution in [0.15, 0.2) is 53.1 Å². The van der Waals surface area contributed by atoms with E-state index in [4.69, 9.17) is 18.6 Å². The van der Waals surface area contributed by atoms with Crippen molar-refractivity contribution in [3.05, 3.63) is 76.9 Å². The van der Waals surface area contributed by atoms with E-state index in [0.29, 0.717) is 30.4 Å². The highest BCUT2D eigenvalue weighted by Crippen LogP contribution is 2.27. The number of aromatic nitrogens is 1. The lowest BCUT2D eigenvalue weighted by Crippen LogP contribution is -2.29. The molecule has 2 aromatic carbocycles. The largest absolute Gasteiger partial charge is 0.456 e. The molecule has 4 rings (SSSR count). The zero-order chi connectivity index (χ0) is 25.7. The lowest BCUT2D eigenvalue weighted by molar-refractivity contribution is -0.0564. The van der Waals surface area contributed by atoms with Crippen LogP contribution in [0, 0.1) is 12.7 Å². The number of benzene rings is 2. The molecule has 1 aromatic heterocycles. The average molecular weight is 496 g/mol. The first kappa shape index (κ1) is 26.0. The maximum absolute atomic E-state index is 13.1. The Labute approximate surface area is 211 Å². The molecule has 0 unspecified atom stereocenters. The molecule has 2 atom stereocenters. The number of ether oxygens (including phenoxy) is 3. The quantitative estimate of drug-likeness (QED) is 0.321. The van der Waals surface area contributed by atoms with E-state index in [-0.39, 0.29) is 24.0 Å². The van der Waals surface area contributed by atoms with Crippen molar-refractivity contribution < 1.29 is 27.8 Å².